The Kier molecular flexibility index (Phi) is 6.96. The number of nitrogens with two attached hydrogens (primary N) is 1. The maximum Gasteiger partial charge on any atom is 0.424 e. The van der Waals surface area contributed by atoms with Gasteiger partial charge in [0.2, 0.25) is 5.60 Å². The van der Waals surface area contributed by atoms with Gasteiger partial charge in [-0.15, -0.1) is 12.4 Å². The summed E-state index contributed by atoms with van der Waals surface area (Å²) in [5, 5.41) is 0. The van der Waals surface area contributed by atoms with Crippen molar-refractivity contribution in [3.05, 3.63) is 65.0 Å². The zero-order valence-corrected chi connectivity index (χ0v) is 19.5. The minimum atomic E-state index is -4.82. The Balaban J connectivity index is 0.00000361. The first-order valence-corrected chi connectivity index (χ1v) is 10.2. The second kappa shape index (κ2) is 9.11. The van der Waals surface area contributed by atoms with Gasteiger partial charge in [0.1, 0.15) is 29.0 Å². The summed E-state index contributed by atoms with van der Waals surface area (Å²) in [6, 6.07) is 4.75. The second-order valence-electron chi connectivity index (χ2n) is 8.49. The average molecular weight is 538 g/mol. The number of fused-ring (bicyclic) bond motifs is 1. The summed E-state index contributed by atoms with van der Waals surface area (Å²) in [7, 11) is 0. The number of nitrogens with zero attached hydrogens (tertiary/aromatic N) is 4. The lowest BCUT2D eigenvalue weighted by molar-refractivity contribution is -0.249. The average Bonchev–Trinajstić information content (AvgIpc) is 2.76. The van der Waals surface area contributed by atoms with Crippen molar-refractivity contribution in [2.45, 2.75) is 43.8 Å². The van der Waals surface area contributed by atoms with Crippen molar-refractivity contribution < 1.29 is 35.5 Å². The smallest absolute Gasteiger partial charge is 0.385 e. The molecule has 0 fully saturated rings. The van der Waals surface area contributed by atoms with Crippen LogP contribution < -0.4 is 5.73 Å². The number of aromatic nitrogens is 3. The number of alkyl halides is 6. The number of pyridine rings is 1. The molecule has 0 spiro atoms. The lowest BCUT2D eigenvalue weighted by atomic mass is 9.88. The first-order valence-electron chi connectivity index (χ1n) is 10.2. The van der Waals surface area contributed by atoms with Crippen molar-refractivity contribution in [2.24, 2.45) is 10.7 Å². The third-order valence-electron chi connectivity index (χ3n) is 5.90. The Hall–Kier alpha value is -3.06. The number of aliphatic imine (C=N–C) groups is 1. The van der Waals surface area contributed by atoms with Gasteiger partial charge in [0.15, 0.2) is 0 Å². The highest BCUT2D eigenvalue weighted by atomic mass is 35.5. The molecule has 2 aromatic heterocycles. The van der Waals surface area contributed by atoms with E-state index >= 15 is 0 Å². The van der Waals surface area contributed by atoms with Gasteiger partial charge >= 0.3 is 12.4 Å². The van der Waals surface area contributed by atoms with Gasteiger partial charge in [-0.05, 0) is 37.6 Å². The molecule has 14 heteroatoms. The highest BCUT2D eigenvalue weighted by Crippen LogP contribution is 2.41. The van der Waals surface area contributed by atoms with Crippen LogP contribution in [0, 0.1) is 5.82 Å². The fourth-order valence-corrected chi connectivity index (χ4v) is 3.70. The number of hydrogen-bond acceptors (Lipinski definition) is 6. The molecule has 1 aliphatic rings. The van der Waals surface area contributed by atoms with E-state index in [9.17, 15) is 30.7 Å². The summed E-state index contributed by atoms with van der Waals surface area (Å²) < 4.78 is 99.0. The number of hydrogen-bond donors (Lipinski definition) is 1. The zero-order valence-electron chi connectivity index (χ0n) is 18.7. The van der Waals surface area contributed by atoms with Crippen molar-refractivity contribution >= 4 is 29.3 Å². The van der Waals surface area contributed by atoms with Gasteiger partial charge in [-0.25, -0.2) is 14.4 Å². The Morgan fingerprint density at radius 1 is 1.03 bits per heavy atom. The van der Waals surface area contributed by atoms with Crippen LogP contribution >= 0.6 is 12.4 Å². The van der Waals surface area contributed by atoms with Gasteiger partial charge in [0, 0.05) is 18.2 Å². The number of benzene rings is 1. The van der Waals surface area contributed by atoms with Gasteiger partial charge in [-0.1, -0.05) is 6.07 Å². The molecule has 2 atom stereocenters. The monoisotopic (exact) mass is 537 g/mol. The fraction of sp³-hybridized carbons (Fsp3) is 0.364. The van der Waals surface area contributed by atoms with E-state index in [2.05, 4.69) is 19.9 Å². The van der Waals surface area contributed by atoms with Gasteiger partial charge in [-0.2, -0.15) is 26.3 Å². The summed E-state index contributed by atoms with van der Waals surface area (Å²) in [5.74, 6) is -1.58. The van der Waals surface area contributed by atoms with E-state index in [-0.39, 0.29) is 41.1 Å². The molecule has 2 N–H and O–H groups in total. The van der Waals surface area contributed by atoms with E-state index in [0.717, 1.165) is 25.4 Å². The minimum absolute atomic E-state index is 0. The first kappa shape index (κ1) is 27.5. The molecule has 0 bridgehead atoms. The number of amidine groups is 1. The van der Waals surface area contributed by atoms with E-state index in [4.69, 9.17) is 10.5 Å². The quantitative estimate of drug-likeness (QED) is 0.469. The molecular weight excluding hydrogens is 519 g/mol. The molecule has 4 rings (SSSR count). The lowest BCUT2D eigenvalue weighted by Crippen LogP contribution is -2.60. The first-order chi connectivity index (χ1) is 16.1. The third-order valence-corrected chi connectivity index (χ3v) is 5.90. The SMILES string of the molecule is C[C@@]1(c2cc(Cc3ncnc4cc(C(F)(F)F)cnc34)ccc2F)CO[C@@](C)(C(F)(F)F)C(N)=N1.Cl. The van der Waals surface area contributed by atoms with Crippen molar-refractivity contribution in [2.75, 3.05) is 6.61 Å². The fourth-order valence-electron chi connectivity index (χ4n) is 3.70. The van der Waals surface area contributed by atoms with Crippen LogP contribution in [0.25, 0.3) is 11.0 Å². The molecule has 0 amide bonds. The Labute approximate surface area is 206 Å². The Bertz CT molecular complexity index is 1330. The van der Waals surface area contributed by atoms with Crippen molar-refractivity contribution in [1.82, 2.24) is 15.0 Å². The topological polar surface area (TPSA) is 86.3 Å². The standard InChI is InChI=1S/C22H18F7N5O.ClH/c1-19(9-35-20(2,18(30)34-19)22(27,28)29)13-5-11(3-4-14(13)23)6-15-17-16(33-10-32-15)7-12(8-31-17)21(24,25)26;/h3-5,7-8,10H,6,9H2,1-2H3,(H2,30,34);1H/t19-,20+;/m0./s1. The van der Waals surface area contributed by atoms with Crippen molar-refractivity contribution in [3.8, 4) is 0 Å². The van der Waals surface area contributed by atoms with Gasteiger partial charge < -0.3 is 10.5 Å². The zero-order chi connectivity index (χ0) is 25.8. The highest BCUT2D eigenvalue weighted by molar-refractivity contribution is 5.90. The van der Waals surface area contributed by atoms with Crippen LogP contribution in [0.5, 0.6) is 0 Å². The van der Waals surface area contributed by atoms with Crippen LogP contribution in [0.4, 0.5) is 30.7 Å². The number of rotatable bonds is 3. The van der Waals surface area contributed by atoms with E-state index in [0.29, 0.717) is 11.8 Å². The molecule has 1 aromatic carbocycles. The molecule has 0 saturated carbocycles. The molecular formula is C22H19ClF7N5O. The van der Waals surface area contributed by atoms with E-state index in [1.807, 2.05) is 0 Å². The van der Waals surface area contributed by atoms with Gasteiger partial charge in [-0.3, -0.25) is 9.98 Å². The van der Waals surface area contributed by atoms with Crippen LogP contribution in [-0.2, 0) is 22.9 Å². The summed E-state index contributed by atoms with van der Waals surface area (Å²) in [6.07, 6.45) is -7.64. The van der Waals surface area contributed by atoms with Crippen LogP contribution in [-0.4, -0.2) is 39.2 Å². The molecule has 36 heavy (non-hydrogen) atoms. The van der Waals surface area contributed by atoms with Crippen LogP contribution in [0.3, 0.4) is 0 Å². The van der Waals surface area contributed by atoms with E-state index in [1.165, 1.54) is 19.1 Å². The van der Waals surface area contributed by atoms with E-state index < -0.39 is 47.3 Å². The number of halogens is 8. The predicted molar refractivity (Wildman–Crippen MR) is 118 cm³/mol. The maximum atomic E-state index is 14.8. The molecule has 0 unspecified atom stereocenters. The maximum absolute atomic E-state index is 14.8. The summed E-state index contributed by atoms with van der Waals surface area (Å²) in [6.45, 7) is 1.54. The molecule has 6 nitrogen and oxygen atoms in total. The molecule has 3 aromatic rings. The molecule has 0 radical (unpaired) electrons. The summed E-state index contributed by atoms with van der Waals surface area (Å²) >= 11 is 0. The normalized spacial score (nSPS) is 22.8. The lowest BCUT2D eigenvalue weighted by Gasteiger charge is -2.41. The van der Waals surface area contributed by atoms with Crippen LogP contribution in [0.1, 0.15) is 36.2 Å². The van der Waals surface area contributed by atoms with Crippen LogP contribution in [0.2, 0.25) is 0 Å². The van der Waals surface area contributed by atoms with Crippen molar-refractivity contribution in [3.63, 3.8) is 0 Å². The van der Waals surface area contributed by atoms with E-state index in [1.54, 1.807) is 0 Å². The predicted octanol–water partition coefficient (Wildman–Crippen LogP) is 5.12. The molecule has 0 aliphatic carbocycles. The Morgan fingerprint density at radius 3 is 2.33 bits per heavy atom. The van der Waals surface area contributed by atoms with Gasteiger partial charge in [0.05, 0.1) is 23.4 Å². The third kappa shape index (κ3) is 4.81. The van der Waals surface area contributed by atoms with Crippen molar-refractivity contribution in [1.29, 1.82) is 0 Å². The minimum Gasteiger partial charge on any atom is -0.385 e. The Morgan fingerprint density at radius 2 is 1.72 bits per heavy atom. The second-order valence-corrected chi connectivity index (χ2v) is 8.49. The molecule has 1 aliphatic heterocycles. The van der Waals surface area contributed by atoms with Crippen LogP contribution in [0.15, 0.2) is 41.8 Å². The molecule has 3 heterocycles. The number of ether oxygens (including phenoxy) is 1. The molecule has 194 valence electrons. The summed E-state index contributed by atoms with van der Waals surface area (Å²) in [5.41, 5.74) is 1.06. The highest BCUT2D eigenvalue weighted by Gasteiger charge is 2.59. The molecule has 0 saturated heterocycles. The largest absolute Gasteiger partial charge is 0.424 e. The summed E-state index contributed by atoms with van der Waals surface area (Å²) in [4.78, 5) is 15.7. The van der Waals surface area contributed by atoms with Gasteiger partial charge in [0.25, 0.3) is 0 Å².